The topological polar surface area (TPSA) is 142 Å². The number of carbonyl (C=O) groups is 2. The van der Waals surface area contributed by atoms with E-state index in [4.69, 9.17) is 9.47 Å². The number of para-hydroxylation sites is 2. The minimum absolute atomic E-state index is 0.0133. The summed E-state index contributed by atoms with van der Waals surface area (Å²) in [4.78, 5) is 60.4. The van der Waals surface area contributed by atoms with Gasteiger partial charge in [-0.1, -0.05) is 99.9 Å². The zero-order valence-electron chi connectivity index (χ0n) is 36.6. The van der Waals surface area contributed by atoms with Crippen LogP contribution in [0.25, 0.3) is 21.8 Å². The van der Waals surface area contributed by atoms with Crippen molar-refractivity contribution >= 4 is 45.0 Å². The lowest BCUT2D eigenvalue weighted by Gasteiger charge is -2.30. The van der Waals surface area contributed by atoms with Crippen LogP contribution in [0.15, 0.2) is 94.8 Å². The van der Waals surface area contributed by atoms with E-state index in [0.717, 1.165) is 41.5 Å². The fourth-order valence-electron chi connectivity index (χ4n) is 7.38. The number of nitrogens with one attached hydrogen (secondary N) is 4. The van der Waals surface area contributed by atoms with E-state index in [-0.39, 0.29) is 51.4 Å². The van der Waals surface area contributed by atoms with Crippen LogP contribution in [0, 0.1) is 0 Å². The van der Waals surface area contributed by atoms with Crippen molar-refractivity contribution in [3.05, 3.63) is 139 Å². The zero-order chi connectivity index (χ0) is 43.6. The fraction of sp³-hybridized carbons (Fsp3) is 0.360. The number of carbonyl (C=O) groups excluding carboxylic acids is 2. The Morgan fingerprint density at radius 1 is 0.583 bits per heavy atom. The van der Waals surface area contributed by atoms with Crippen LogP contribution in [-0.2, 0) is 22.7 Å². The number of aryl methyl sites for hydroxylation is 1. The van der Waals surface area contributed by atoms with Crippen molar-refractivity contribution in [1.82, 2.24) is 9.97 Å². The highest BCUT2D eigenvalue weighted by molar-refractivity contribution is 6.07. The minimum Gasteiger partial charge on any atom is -0.490 e. The zero-order valence-corrected chi connectivity index (χ0v) is 36.6. The van der Waals surface area contributed by atoms with Gasteiger partial charge in [-0.3, -0.25) is 19.2 Å². The molecule has 4 N–H and O–H groups in total. The Balaban J connectivity index is 1.29. The van der Waals surface area contributed by atoms with Gasteiger partial charge in [-0.2, -0.15) is 0 Å². The largest absolute Gasteiger partial charge is 0.490 e. The van der Waals surface area contributed by atoms with Crippen molar-refractivity contribution < 1.29 is 19.1 Å². The number of H-pyrrole nitrogens is 2. The Morgan fingerprint density at radius 2 is 1.02 bits per heavy atom. The predicted octanol–water partition coefficient (Wildman–Crippen LogP) is 10.6. The molecule has 0 bridgehead atoms. The second-order valence-electron chi connectivity index (χ2n) is 18.5. The second kappa shape index (κ2) is 17.2. The van der Waals surface area contributed by atoms with Gasteiger partial charge in [-0.25, -0.2) is 0 Å². The average Bonchev–Trinajstić information content (AvgIpc) is 3.18. The van der Waals surface area contributed by atoms with Crippen molar-refractivity contribution in [3.8, 4) is 11.5 Å². The molecule has 0 unspecified atom stereocenters. The molecule has 6 aromatic rings. The highest BCUT2D eigenvalue weighted by Gasteiger charge is 2.28. The quantitative estimate of drug-likeness (QED) is 0.0907. The van der Waals surface area contributed by atoms with Gasteiger partial charge in [-0.05, 0) is 87.7 Å². The third-order valence-electron chi connectivity index (χ3n) is 10.7. The molecule has 6 rings (SSSR count). The van der Waals surface area contributed by atoms with Gasteiger partial charge < -0.3 is 30.1 Å². The third kappa shape index (κ3) is 9.49. The van der Waals surface area contributed by atoms with Crippen molar-refractivity contribution in [1.29, 1.82) is 0 Å². The Morgan fingerprint density at radius 3 is 1.48 bits per heavy atom. The van der Waals surface area contributed by atoms with Gasteiger partial charge in [0.05, 0.1) is 0 Å². The Labute approximate surface area is 352 Å². The van der Waals surface area contributed by atoms with E-state index in [1.54, 1.807) is 36.4 Å². The average molecular weight is 811 g/mol. The molecule has 0 spiro atoms. The first-order valence-corrected chi connectivity index (χ1v) is 20.7. The maximum Gasteiger partial charge on any atom is 0.261 e. The molecule has 0 saturated carbocycles. The van der Waals surface area contributed by atoms with E-state index in [2.05, 4.69) is 102 Å². The molecule has 2 amide bonds. The number of hydrogen-bond donors (Lipinski definition) is 4. The minimum atomic E-state index is -0.518. The second-order valence-corrected chi connectivity index (χ2v) is 18.5. The molecule has 0 aliphatic heterocycles. The number of hydrogen-bond acceptors (Lipinski definition) is 6. The van der Waals surface area contributed by atoms with Gasteiger partial charge in [0.1, 0.15) is 35.8 Å². The molecule has 314 valence electrons. The Kier molecular flexibility index (Phi) is 12.5. The van der Waals surface area contributed by atoms with Gasteiger partial charge in [-0.15, -0.1) is 0 Å². The van der Waals surface area contributed by atoms with Crippen LogP contribution >= 0.6 is 0 Å². The summed E-state index contributed by atoms with van der Waals surface area (Å²) in [5.41, 5.74) is 4.63. The molecule has 0 radical (unpaired) electrons. The maximum absolute atomic E-state index is 13.8. The van der Waals surface area contributed by atoms with Gasteiger partial charge in [0.15, 0.2) is 0 Å². The normalized spacial score (nSPS) is 12.1. The number of amides is 2. The summed E-state index contributed by atoms with van der Waals surface area (Å²) in [7, 11) is 0. The van der Waals surface area contributed by atoms with Gasteiger partial charge >= 0.3 is 0 Å². The van der Waals surface area contributed by atoms with Gasteiger partial charge in [0.25, 0.3) is 11.8 Å². The van der Waals surface area contributed by atoms with Gasteiger partial charge in [0, 0.05) is 57.7 Å². The first-order valence-electron chi connectivity index (χ1n) is 20.7. The van der Waals surface area contributed by atoms with Crippen molar-refractivity contribution in [3.63, 3.8) is 0 Å². The van der Waals surface area contributed by atoms with E-state index in [0.29, 0.717) is 44.7 Å². The number of pyridine rings is 2. The Hall–Kier alpha value is -6.16. The first kappa shape index (κ1) is 43.4. The summed E-state index contributed by atoms with van der Waals surface area (Å²) in [5, 5.41) is 6.96. The van der Waals surface area contributed by atoms with Crippen LogP contribution in [0.4, 0.5) is 11.4 Å². The number of unbranched alkanes of at least 4 members (excludes halogenated alkanes) is 1. The lowest BCUT2D eigenvalue weighted by atomic mass is 9.79. The van der Waals surface area contributed by atoms with Crippen molar-refractivity contribution in [2.45, 2.75) is 105 Å². The number of anilines is 2. The molecular weight excluding hydrogens is 753 g/mol. The highest BCUT2D eigenvalue weighted by atomic mass is 16.5. The molecule has 2 aromatic heterocycles. The molecule has 2 heterocycles. The van der Waals surface area contributed by atoms with Crippen LogP contribution in [0.5, 0.6) is 11.5 Å². The first-order chi connectivity index (χ1) is 28.3. The predicted molar refractivity (Wildman–Crippen MR) is 244 cm³/mol. The maximum atomic E-state index is 13.8. The summed E-state index contributed by atoms with van der Waals surface area (Å²) in [6, 6.07) is 22.1. The molecule has 0 atom stereocenters. The standard InChI is InChI=1S/C50H58N4O6/c1-11-12-17-30-24-36(49(5,6)7)42(26-40(30)53-46(57)33-28-51-38-20-15-13-18-31(38)44(33)55)59-22-23-60-43-27-41(35(48(2,3)4)25-37(43)50(8,9)10)54-47(58)34-29-52-39-21-16-14-19-32(39)45(34)56/h13-16,18-21,24-29H,11-12,17,22-23H2,1-10H3,(H,51,55)(H,52,56)(H,53,57)(H,54,58). The smallest absolute Gasteiger partial charge is 0.261 e. The Bertz CT molecular complexity index is 2690. The van der Waals surface area contributed by atoms with E-state index < -0.39 is 11.8 Å². The molecule has 4 aromatic carbocycles. The van der Waals surface area contributed by atoms with E-state index in [1.165, 1.54) is 12.4 Å². The molecule has 0 aliphatic carbocycles. The molecular formula is C50H58N4O6. The van der Waals surface area contributed by atoms with Crippen LogP contribution in [0.1, 0.15) is 125 Å². The summed E-state index contributed by atoms with van der Waals surface area (Å²) in [6.07, 6.45) is 5.54. The lowest BCUT2D eigenvalue weighted by Crippen LogP contribution is -2.25. The molecule has 0 fully saturated rings. The number of rotatable bonds is 12. The molecule has 0 aliphatic rings. The number of aromatic nitrogens is 2. The van der Waals surface area contributed by atoms with Crippen LogP contribution in [0.2, 0.25) is 0 Å². The highest BCUT2D eigenvalue weighted by Crippen LogP contribution is 2.41. The summed E-state index contributed by atoms with van der Waals surface area (Å²) in [6.45, 7) is 21.4. The molecule has 0 saturated heterocycles. The number of ether oxygens (including phenoxy) is 2. The monoisotopic (exact) mass is 810 g/mol. The SMILES string of the molecule is CCCCc1cc(C(C)(C)C)c(OCCOc2cc(NC(=O)c3c[nH]c4ccccc4c3=O)c(C(C)(C)C)cc2C(C)(C)C)cc1NC(=O)c1c[nH]c2ccccc2c1=O. The lowest BCUT2D eigenvalue weighted by molar-refractivity contribution is 0.101. The fourth-order valence-corrected chi connectivity index (χ4v) is 7.38. The summed E-state index contributed by atoms with van der Waals surface area (Å²) in [5.74, 6) is 0.165. The van der Waals surface area contributed by atoms with E-state index in [9.17, 15) is 19.2 Å². The number of benzene rings is 4. The number of aromatic amines is 2. The van der Waals surface area contributed by atoms with E-state index >= 15 is 0 Å². The van der Waals surface area contributed by atoms with Crippen LogP contribution in [0.3, 0.4) is 0 Å². The van der Waals surface area contributed by atoms with Crippen molar-refractivity contribution in [2.75, 3.05) is 23.8 Å². The third-order valence-corrected chi connectivity index (χ3v) is 10.7. The van der Waals surface area contributed by atoms with E-state index in [1.807, 2.05) is 24.3 Å². The summed E-state index contributed by atoms with van der Waals surface area (Å²) >= 11 is 0. The molecule has 10 nitrogen and oxygen atoms in total. The van der Waals surface area contributed by atoms with Crippen LogP contribution in [-0.4, -0.2) is 35.0 Å². The van der Waals surface area contributed by atoms with Crippen LogP contribution < -0.4 is 31.0 Å². The summed E-state index contributed by atoms with van der Waals surface area (Å²) < 4.78 is 13.0. The van der Waals surface area contributed by atoms with Crippen molar-refractivity contribution in [2.24, 2.45) is 0 Å². The molecule has 10 heteroatoms. The molecule has 60 heavy (non-hydrogen) atoms. The number of fused-ring (bicyclic) bond motifs is 2. The van der Waals surface area contributed by atoms with Gasteiger partial charge in [0.2, 0.25) is 10.9 Å².